The van der Waals surface area contributed by atoms with Gasteiger partial charge >= 0.3 is 0 Å². The summed E-state index contributed by atoms with van der Waals surface area (Å²) in [7, 11) is 0. The summed E-state index contributed by atoms with van der Waals surface area (Å²) in [5, 5.41) is 1.11. The van der Waals surface area contributed by atoms with E-state index in [-0.39, 0.29) is 6.04 Å². The fourth-order valence-corrected chi connectivity index (χ4v) is 4.23. The molecule has 1 aliphatic rings. The van der Waals surface area contributed by atoms with Crippen LogP contribution in [0.15, 0.2) is 18.3 Å². The topological polar surface area (TPSA) is 56.7 Å². The highest BCUT2D eigenvalue weighted by atomic mass is 35.5. The van der Waals surface area contributed by atoms with E-state index in [9.17, 15) is 0 Å². The highest BCUT2D eigenvalue weighted by Gasteiger charge is 2.23. The lowest BCUT2D eigenvalue weighted by Crippen LogP contribution is -2.18. The van der Waals surface area contributed by atoms with Crippen molar-refractivity contribution in [3.8, 4) is 5.69 Å². The maximum Gasteiger partial charge on any atom is 0.131 e. The van der Waals surface area contributed by atoms with E-state index in [1.54, 1.807) is 6.07 Å². The van der Waals surface area contributed by atoms with Crippen LogP contribution in [0.2, 0.25) is 10.0 Å². The third kappa shape index (κ3) is 1.99. The number of nitrogens with two attached hydrogens (primary N) is 1. The first-order chi connectivity index (χ1) is 10.2. The normalized spacial score (nSPS) is 18.1. The summed E-state index contributed by atoms with van der Waals surface area (Å²) in [6.45, 7) is 0. The zero-order valence-electron chi connectivity index (χ0n) is 11.0. The molecule has 0 bridgehead atoms. The molecule has 0 saturated carbocycles. The summed E-state index contributed by atoms with van der Waals surface area (Å²) in [4.78, 5) is 0. The molecule has 1 atom stereocenters. The first-order valence-electron chi connectivity index (χ1n) is 6.73. The quantitative estimate of drug-likeness (QED) is 0.725. The van der Waals surface area contributed by atoms with Crippen LogP contribution in [0.3, 0.4) is 0 Å². The van der Waals surface area contributed by atoms with Gasteiger partial charge in [-0.05, 0) is 37.0 Å². The monoisotopic (exact) mass is 338 g/mol. The predicted octanol–water partition coefficient (Wildman–Crippen LogP) is 4.12. The van der Waals surface area contributed by atoms with E-state index < -0.39 is 0 Å². The summed E-state index contributed by atoms with van der Waals surface area (Å²) >= 11 is 13.8. The molecule has 0 amide bonds. The van der Waals surface area contributed by atoms with Gasteiger partial charge in [-0.2, -0.15) is 8.75 Å². The van der Waals surface area contributed by atoms with Crippen LogP contribution in [-0.2, 0) is 6.42 Å². The van der Waals surface area contributed by atoms with Crippen LogP contribution in [0.25, 0.3) is 16.7 Å². The van der Waals surface area contributed by atoms with Crippen LogP contribution in [0, 0.1) is 0 Å². The molecule has 0 saturated heterocycles. The van der Waals surface area contributed by atoms with Gasteiger partial charge in [-0.1, -0.05) is 23.2 Å². The van der Waals surface area contributed by atoms with Crippen molar-refractivity contribution < 1.29 is 0 Å². The average Bonchev–Trinajstić information content (AvgIpc) is 3.07. The van der Waals surface area contributed by atoms with Crippen LogP contribution >= 0.6 is 34.9 Å². The highest BCUT2D eigenvalue weighted by molar-refractivity contribution is 7.00. The van der Waals surface area contributed by atoms with Crippen LogP contribution in [0.4, 0.5) is 0 Å². The minimum Gasteiger partial charge on any atom is -0.324 e. The molecule has 3 aromatic rings. The van der Waals surface area contributed by atoms with Gasteiger partial charge in [0.1, 0.15) is 11.0 Å². The molecule has 4 nitrogen and oxygen atoms in total. The second kappa shape index (κ2) is 4.95. The number of hydrogen-bond acceptors (Lipinski definition) is 4. The highest BCUT2D eigenvalue weighted by Crippen LogP contribution is 2.37. The summed E-state index contributed by atoms with van der Waals surface area (Å²) < 4.78 is 10.7. The summed E-state index contributed by atoms with van der Waals surface area (Å²) in [6, 6.07) is 3.91. The van der Waals surface area contributed by atoms with Crippen LogP contribution in [-0.4, -0.2) is 13.3 Å². The van der Waals surface area contributed by atoms with Gasteiger partial charge in [0.25, 0.3) is 0 Å². The Kier molecular flexibility index (Phi) is 3.19. The maximum absolute atomic E-state index is 6.44. The Morgan fingerprint density at radius 3 is 2.90 bits per heavy atom. The van der Waals surface area contributed by atoms with Gasteiger partial charge in [0, 0.05) is 17.9 Å². The molecule has 7 heteroatoms. The Bertz CT molecular complexity index is 839. The summed E-state index contributed by atoms with van der Waals surface area (Å²) in [5.41, 5.74) is 10.9. The van der Waals surface area contributed by atoms with Crippen molar-refractivity contribution in [2.45, 2.75) is 25.3 Å². The molecular weight excluding hydrogens is 327 g/mol. The molecule has 2 heterocycles. The smallest absolute Gasteiger partial charge is 0.131 e. The number of aromatic nitrogens is 3. The molecule has 4 rings (SSSR count). The Balaban J connectivity index is 2.02. The standard InChI is InChI=1S/C14H12Cl2N4S/c15-8-6-9(16)14(13-12(8)18-21-19-13)20-5-4-7-10(17)2-1-3-11(7)20/h4-6,10H,1-3,17H2. The summed E-state index contributed by atoms with van der Waals surface area (Å²) in [6.07, 6.45) is 5.12. The number of halogens is 2. The number of benzene rings is 1. The SMILES string of the molecule is NC1CCCc2c1ccn2-c1c(Cl)cc(Cl)c2nsnc12. The number of rotatable bonds is 1. The largest absolute Gasteiger partial charge is 0.324 e. The van der Waals surface area contributed by atoms with Crippen molar-refractivity contribution in [1.29, 1.82) is 0 Å². The van der Waals surface area contributed by atoms with Crippen LogP contribution < -0.4 is 5.73 Å². The molecule has 1 aliphatic carbocycles. The Hall–Kier alpha value is -1.14. The second-order valence-electron chi connectivity index (χ2n) is 5.24. The van der Waals surface area contributed by atoms with Crippen molar-refractivity contribution in [2.24, 2.45) is 5.73 Å². The lowest BCUT2D eigenvalue weighted by atomic mass is 9.93. The number of nitrogens with zero attached hydrogens (tertiary/aromatic N) is 3. The van der Waals surface area contributed by atoms with Crippen molar-refractivity contribution in [3.63, 3.8) is 0 Å². The van der Waals surface area contributed by atoms with Gasteiger partial charge in [0.2, 0.25) is 0 Å². The number of hydrogen-bond donors (Lipinski definition) is 1. The summed E-state index contributed by atoms with van der Waals surface area (Å²) in [5.74, 6) is 0. The Morgan fingerprint density at radius 1 is 1.24 bits per heavy atom. The molecular formula is C14H12Cl2N4S. The fourth-order valence-electron chi connectivity index (χ4n) is 3.03. The van der Waals surface area contributed by atoms with Crippen LogP contribution in [0.5, 0.6) is 0 Å². The van der Waals surface area contributed by atoms with Crippen molar-refractivity contribution >= 4 is 46.0 Å². The lowest BCUT2D eigenvalue weighted by molar-refractivity contribution is 0.560. The van der Waals surface area contributed by atoms with E-state index in [1.807, 2.05) is 6.20 Å². The molecule has 0 spiro atoms. The van der Waals surface area contributed by atoms with E-state index in [0.29, 0.717) is 15.6 Å². The second-order valence-corrected chi connectivity index (χ2v) is 6.58. The van der Waals surface area contributed by atoms with Crippen molar-refractivity contribution in [3.05, 3.63) is 39.6 Å². The lowest BCUT2D eigenvalue weighted by Gasteiger charge is -2.21. The van der Waals surface area contributed by atoms with Crippen molar-refractivity contribution in [2.75, 3.05) is 0 Å². The van der Waals surface area contributed by atoms with E-state index in [1.165, 1.54) is 11.3 Å². The number of fused-ring (bicyclic) bond motifs is 2. The van der Waals surface area contributed by atoms with Gasteiger partial charge in [-0.3, -0.25) is 0 Å². The Morgan fingerprint density at radius 2 is 2.05 bits per heavy atom. The third-order valence-electron chi connectivity index (χ3n) is 4.01. The van der Waals surface area contributed by atoms with Gasteiger partial charge in [-0.15, -0.1) is 0 Å². The average molecular weight is 339 g/mol. The molecule has 108 valence electrons. The minimum absolute atomic E-state index is 0.102. The minimum atomic E-state index is 0.102. The maximum atomic E-state index is 6.44. The van der Waals surface area contributed by atoms with E-state index in [4.69, 9.17) is 28.9 Å². The third-order valence-corrected chi connectivity index (χ3v) is 5.12. The van der Waals surface area contributed by atoms with E-state index >= 15 is 0 Å². The van der Waals surface area contributed by atoms with Crippen LogP contribution in [0.1, 0.15) is 30.1 Å². The Labute approximate surface area is 135 Å². The first kappa shape index (κ1) is 13.5. The molecule has 0 radical (unpaired) electrons. The zero-order chi connectivity index (χ0) is 14.6. The molecule has 2 aromatic heterocycles. The first-order valence-corrected chi connectivity index (χ1v) is 8.22. The van der Waals surface area contributed by atoms with Gasteiger partial charge in [-0.25, -0.2) is 0 Å². The predicted molar refractivity (Wildman–Crippen MR) is 86.6 cm³/mol. The van der Waals surface area contributed by atoms with Crippen molar-refractivity contribution in [1.82, 2.24) is 13.3 Å². The zero-order valence-corrected chi connectivity index (χ0v) is 13.3. The van der Waals surface area contributed by atoms with Gasteiger partial charge in [0.15, 0.2) is 0 Å². The van der Waals surface area contributed by atoms with E-state index in [2.05, 4.69) is 19.4 Å². The molecule has 1 aromatic carbocycles. The van der Waals surface area contributed by atoms with E-state index in [0.717, 1.165) is 42.2 Å². The molecule has 0 fully saturated rings. The molecule has 21 heavy (non-hydrogen) atoms. The fraction of sp³-hybridized carbons (Fsp3) is 0.286. The van der Waals surface area contributed by atoms with Gasteiger partial charge < -0.3 is 10.3 Å². The van der Waals surface area contributed by atoms with Gasteiger partial charge in [0.05, 0.1) is 27.5 Å². The molecule has 2 N–H and O–H groups in total. The molecule has 1 unspecified atom stereocenters. The molecule has 0 aliphatic heterocycles.